The zero-order chi connectivity index (χ0) is 11.8. The minimum atomic E-state index is 0. The van der Waals surface area contributed by atoms with Crippen molar-refractivity contribution < 1.29 is 33.6 Å². The lowest BCUT2D eigenvalue weighted by molar-refractivity contribution is -0.870. The van der Waals surface area contributed by atoms with Gasteiger partial charge in [-0.3, -0.25) is 0 Å². The minimum Gasteiger partial charge on any atom is -1.00 e. The molecule has 0 spiro atoms. The van der Waals surface area contributed by atoms with E-state index in [1.807, 2.05) is 18.3 Å². The number of benzene rings is 1. The van der Waals surface area contributed by atoms with Crippen molar-refractivity contribution in [3.05, 3.63) is 30.0 Å². The van der Waals surface area contributed by atoms with Crippen LogP contribution in [-0.2, 0) is 6.42 Å². The number of aromatic hydroxyl groups is 1. The Labute approximate surface area is 119 Å². The number of H-pyrrole nitrogens is 1. The Morgan fingerprint density at radius 3 is 2.59 bits per heavy atom. The minimum absolute atomic E-state index is 0. The molecule has 0 aliphatic carbocycles. The van der Waals surface area contributed by atoms with Gasteiger partial charge in [0.05, 0.1) is 27.7 Å². The van der Waals surface area contributed by atoms with Crippen molar-refractivity contribution in [1.29, 1.82) is 0 Å². The number of phenols is 1. The Hall–Kier alpha value is -0.750. The molecule has 1 aromatic carbocycles. The van der Waals surface area contributed by atoms with Crippen molar-refractivity contribution in [2.24, 2.45) is 0 Å². The molecule has 0 fully saturated rings. The molecule has 0 aliphatic rings. The van der Waals surface area contributed by atoms with E-state index < -0.39 is 0 Å². The molecule has 0 aliphatic heterocycles. The van der Waals surface area contributed by atoms with Gasteiger partial charge in [-0.1, -0.05) is 0 Å². The van der Waals surface area contributed by atoms with Gasteiger partial charge in [0.15, 0.2) is 0 Å². The first kappa shape index (κ1) is 14.3. The quantitative estimate of drug-likeness (QED) is 0.550. The number of nitrogens with one attached hydrogen (secondary N) is 1. The van der Waals surface area contributed by atoms with E-state index in [1.165, 1.54) is 5.56 Å². The smallest absolute Gasteiger partial charge is 0.116 e. The Balaban J connectivity index is 0.00000144. The van der Waals surface area contributed by atoms with Gasteiger partial charge in [-0.15, -0.1) is 0 Å². The number of fused-ring (bicyclic) bond motifs is 1. The van der Waals surface area contributed by atoms with Gasteiger partial charge in [0, 0.05) is 23.5 Å². The summed E-state index contributed by atoms with van der Waals surface area (Å²) in [5.41, 5.74) is 2.37. The highest BCUT2D eigenvalue weighted by Crippen LogP contribution is 2.23. The Kier molecular flexibility index (Phi) is 4.43. The average Bonchev–Trinajstić information content (AvgIpc) is 2.56. The van der Waals surface area contributed by atoms with Crippen molar-refractivity contribution in [2.75, 3.05) is 27.7 Å². The van der Waals surface area contributed by atoms with Crippen molar-refractivity contribution >= 4 is 10.9 Å². The molecular formula is C13H19IN2O. The van der Waals surface area contributed by atoms with Crippen LogP contribution in [0.4, 0.5) is 0 Å². The second kappa shape index (κ2) is 5.27. The number of likely N-dealkylation sites (N-methyl/N-ethyl adjacent to an activating group) is 1. The van der Waals surface area contributed by atoms with E-state index in [0.29, 0.717) is 5.75 Å². The third-order valence-electron chi connectivity index (χ3n) is 2.80. The van der Waals surface area contributed by atoms with E-state index >= 15 is 0 Å². The number of hydrogen-bond donors (Lipinski definition) is 2. The standard InChI is InChI=1S/C13H18N2O.HI/c1-15(2,3)7-6-10-9-14-13-5-4-11(16)8-12(10)13;/h4-5,8-9,14H,6-7H2,1-3H3;1H. The molecule has 2 aromatic rings. The van der Waals surface area contributed by atoms with E-state index in [-0.39, 0.29) is 24.0 Å². The number of hydrogen-bond acceptors (Lipinski definition) is 1. The number of quaternary nitrogens is 1. The first-order chi connectivity index (χ1) is 7.46. The topological polar surface area (TPSA) is 36.0 Å². The summed E-state index contributed by atoms with van der Waals surface area (Å²) in [5, 5.41) is 10.6. The van der Waals surface area contributed by atoms with Crippen molar-refractivity contribution in [3.8, 4) is 5.75 Å². The number of phenolic OH excluding ortho intramolecular Hbond substituents is 1. The molecular weight excluding hydrogens is 327 g/mol. The zero-order valence-electron chi connectivity index (χ0n) is 10.5. The summed E-state index contributed by atoms with van der Waals surface area (Å²) >= 11 is 0. The summed E-state index contributed by atoms with van der Waals surface area (Å²) < 4.78 is 0.950. The van der Waals surface area contributed by atoms with Crippen LogP contribution in [0.25, 0.3) is 10.9 Å². The second-order valence-electron chi connectivity index (χ2n) is 5.31. The predicted molar refractivity (Wildman–Crippen MR) is 66.6 cm³/mol. The molecule has 4 heteroatoms. The number of aromatic nitrogens is 1. The first-order valence-corrected chi connectivity index (χ1v) is 5.55. The molecule has 0 bridgehead atoms. The maximum atomic E-state index is 9.48. The van der Waals surface area contributed by atoms with Crippen LogP contribution >= 0.6 is 0 Å². The van der Waals surface area contributed by atoms with E-state index in [9.17, 15) is 5.11 Å². The number of nitrogens with zero attached hydrogens (tertiary/aromatic N) is 1. The summed E-state index contributed by atoms with van der Waals surface area (Å²) in [6, 6.07) is 5.46. The molecule has 0 saturated carbocycles. The fourth-order valence-corrected chi connectivity index (χ4v) is 1.83. The summed E-state index contributed by atoms with van der Waals surface area (Å²) in [5.74, 6) is 0.332. The summed E-state index contributed by atoms with van der Waals surface area (Å²) in [6.45, 7) is 1.09. The molecule has 1 aromatic heterocycles. The van der Waals surface area contributed by atoms with Crippen molar-refractivity contribution in [1.82, 2.24) is 4.98 Å². The fourth-order valence-electron chi connectivity index (χ4n) is 1.83. The Morgan fingerprint density at radius 2 is 1.94 bits per heavy atom. The maximum absolute atomic E-state index is 9.48. The van der Waals surface area contributed by atoms with E-state index in [0.717, 1.165) is 28.4 Å². The lowest BCUT2D eigenvalue weighted by Gasteiger charge is -2.23. The molecule has 3 nitrogen and oxygen atoms in total. The van der Waals surface area contributed by atoms with Crippen LogP contribution in [0.3, 0.4) is 0 Å². The highest BCUT2D eigenvalue weighted by molar-refractivity contribution is 5.84. The van der Waals surface area contributed by atoms with Gasteiger partial charge >= 0.3 is 0 Å². The molecule has 17 heavy (non-hydrogen) atoms. The number of rotatable bonds is 3. The van der Waals surface area contributed by atoms with E-state index in [2.05, 4.69) is 26.1 Å². The monoisotopic (exact) mass is 346 g/mol. The Morgan fingerprint density at radius 1 is 1.24 bits per heavy atom. The lowest BCUT2D eigenvalue weighted by atomic mass is 10.1. The third kappa shape index (κ3) is 3.61. The molecule has 0 amide bonds. The zero-order valence-corrected chi connectivity index (χ0v) is 12.7. The van der Waals surface area contributed by atoms with Crippen LogP contribution in [-0.4, -0.2) is 42.3 Å². The second-order valence-corrected chi connectivity index (χ2v) is 5.31. The first-order valence-electron chi connectivity index (χ1n) is 5.55. The van der Waals surface area contributed by atoms with Crippen LogP contribution in [0.2, 0.25) is 0 Å². The van der Waals surface area contributed by atoms with Crippen LogP contribution in [0.15, 0.2) is 24.4 Å². The van der Waals surface area contributed by atoms with Gasteiger partial charge < -0.3 is 38.6 Å². The maximum Gasteiger partial charge on any atom is 0.116 e. The normalized spacial score (nSPS) is 11.5. The van der Waals surface area contributed by atoms with Crippen LogP contribution < -0.4 is 24.0 Å². The highest BCUT2D eigenvalue weighted by Gasteiger charge is 2.10. The van der Waals surface area contributed by atoms with Gasteiger partial charge in [-0.05, 0) is 23.8 Å². The van der Waals surface area contributed by atoms with Gasteiger partial charge in [0.1, 0.15) is 5.75 Å². The third-order valence-corrected chi connectivity index (χ3v) is 2.80. The van der Waals surface area contributed by atoms with Crippen LogP contribution in [0, 0.1) is 0 Å². The molecule has 0 unspecified atom stereocenters. The summed E-state index contributed by atoms with van der Waals surface area (Å²) in [7, 11) is 6.56. The molecule has 0 atom stereocenters. The Bertz CT molecular complexity index is 500. The van der Waals surface area contributed by atoms with Gasteiger partial charge in [-0.25, -0.2) is 0 Å². The van der Waals surface area contributed by atoms with Gasteiger partial charge in [0.25, 0.3) is 0 Å². The molecule has 2 rings (SSSR count). The lowest BCUT2D eigenvalue weighted by Crippen LogP contribution is -3.00. The van der Waals surface area contributed by atoms with Crippen molar-refractivity contribution in [2.45, 2.75) is 6.42 Å². The van der Waals surface area contributed by atoms with Crippen LogP contribution in [0.1, 0.15) is 5.56 Å². The molecule has 0 saturated heterocycles. The van der Waals surface area contributed by atoms with E-state index in [1.54, 1.807) is 6.07 Å². The molecule has 1 heterocycles. The predicted octanol–water partition coefficient (Wildman–Crippen LogP) is -0.874. The summed E-state index contributed by atoms with van der Waals surface area (Å²) in [4.78, 5) is 3.23. The average molecular weight is 346 g/mol. The van der Waals surface area contributed by atoms with Crippen LogP contribution in [0.5, 0.6) is 5.75 Å². The highest BCUT2D eigenvalue weighted by atomic mass is 127. The molecule has 0 radical (unpaired) electrons. The number of aromatic amines is 1. The van der Waals surface area contributed by atoms with Gasteiger partial charge in [0.2, 0.25) is 0 Å². The van der Waals surface area contributed by atoms with Gasteiger partial charge in [-0.2, -0.15) is 0 Å². The SMILES string of the molecule is C[N+](C)(C)CCc1c[nH]c2ccc(O)cc12.[I-]. The molecule has 2 N–H and O–H groups in total. The number of halogens is 1. The largest absolute Gasteiger partial charge is 1.00 e. The van der Waals surface area contributed by atoms with Crippen molar-refractivity contribution in [3.63, 3.8) is 0 Å². The van der Waals surface area contributed by atoms with E-state index in [4.69, 9.17) is 0 Å². The summed E-state index contributed by atoms with van der Waals surface area (Å²) in [6.07, 6.45) is 3.06. The fraction of sp³-hybridized carbons (Fsp3) is 0.385. The molecule has 94 valence electrons.